The van der Waals surface area contributed by atoms with E-state index in [1.165, 1.54) is 4.90 Å². The van der Waals surface area contributed by atoms with Crippen LogP contribution in [0.3, 0.4) is 0 Å². The molecule has 2 aromatic carbocycles. The Morgan fingerprint density at radius 1 is 0.920 bits per heavy atom. The molecule has 0 spiro atoms. The van der Waals surface area contributed by atoms with Gasteiger partial charge in [0.25, 0.3) is 0 Å². The number of para-hydroxylation sites is 1. The van der Waals surface area contributed by atoms with Crippen LogP contribution in [0.2, 0.25) is 0 Å². The number of amides is 2. The average molecular weight is 332 g/mol. The first-order valence-corrected chi connectivity index (χ1v) is 8.14. The third kappa shape index (κ3) is 3.08. The number of ether oxygens (including phenoxy) is 1. The molecule has 0 N–H and O–H groups in total. The maximum absolute atomic E-state index is 11.9. The number of hydrogen-bond acceptors (Lipinski definition) is 4. The summed E-state index contributed by atoms with van der Waals surface area (Å²) < 4.78 is 5.80. The van der Waals surface area contributed by atoms with E-state index in [-0.39, 0.29) is 24.7 Å². The van der Waals surface area contributed by atoms with Crippen LogP contribution in [-0.2, 0) is 16.2 Å². The standard InChI is InChI=1S/C20H16N2O3/c23-19-10-11-20(24)22(19)16-5-3-6-17(12-16)25-13-15-9-8-14-4-1-2-7-18(14)21-15/h1-9,12H,10-11,13H2. The van der Waals surface area contributed by atoms with Crippen LogP contribution in [0.4, 0.5) is 5.69 Å². The zero-order valence-electron chi connectivity index (χ0n) is 13.5. The molecule has 0 unspecified atom stereocenters. The van der Waals surface area contributed by atoms with Crippen molar-refractivity contribution in [1.82, 2.24) is 4.98 Å². The Labute approximate surface area is 144 Å². The first kappa shape index (κ1) is 15.3. The molecule has 25 heavy (non-hydrogen) atoms. The minimum atomic E-state index is -0.168. The zero-order chi connectivity index (χ0) is 17.2. The Kier molecular flexibility index (Phi) is 3.90. The van der Waals surface area contributed by atoms with Gasteiger partial charge in [0.2, 0.25) is 11.8 Å². The van der Waals surface area contributed by atoms with Gasteiger partial charge in [-0.2, -0.15) is 0 Å². The molecule has 1 aromatic heterocycles. The minimum absolute atomic E-state index is 0.168. The van der Waals surface area contributed by atoms with Crippen molar-refractivity contribution in [3.05, 3.63) is 66.4 Å². The van der Waals surface area contributed by atoms with Gasteiger partial charge in [-0.15, -0.1) is 0 Å². The summed E-state index contributed by atoms with van der Waals surface area (Å²) in [6, 6.07) is 18.9. The fraction of sp³-hybridized carbons (Fsp3) is 0.150. The summed E-state index contributed by atoms with van der Waals surface area (Å²) in [5, 5.41) is 1.08. The molecular weight excluding hydrogens is 316 g/mol. The highest BCUT2D eigenvalue weighted by Gasteiger charge is 2.30. The predicted octanol–water partition coefficient (Wildman–Crippen LogP) is 3.47. The molecule has 0 bridgehead atoms. The van der Waals surface area contributed by atoms with Gasteiger partial charge < -0.3 is 4.74 Å². The summed E-state index contributed by atoms with van der Waals surface area (Å²) in [7, 11) is 0. The fourth-order valence-electron chi connectivity index (χ4n) is 2.92. The van der Waals surface area contributed by atoms with Gasteiger partial charge in [0.15, 0.2) is 0 Å². The number of carbonyl (C=O) groups excluding carboxylic acids is 2. The lowest BCUT2D eigenvalue weighted by Crippen LogP contribution is -2.28. The molecule has 0 atom stereocenters. The second-order valence-electron chi connectivity index (χ2n) is 5.90. The fourth-order valence-corrected chi connectivity index (χ4v) is 2.92. The van der Waals surface area contributed by atoms with Crippen LogP contribution in [0.15, 0.2) is 60.7 Å². The molecule has 0 saturated carbocycles. The second-order valence-corrected chi connectivity index (χ2v) is 5.90. The number of aromatic nitrogens is 1. The molecule has 0 radical (unpaired) electrons. The number of fused-ring (bicyclic) bond motifs is 1. The van der Waals surface area contributed by atoms with E-state index in [1.54, 1.807) is 24.3 Å². The number of hydrogen-bond donors (Lipinski definition) is 0. The van der Waals surface area contributed by atoms with E-state index in [2.05, 4.69) is 4.98 Å². The normalized spacial score (nSPS) is 14.3. The lowest BCUT2D eigenvalue weighted by molar-refractivity contribution is -0.121. The molecule has 124 valence electrons. The summed E-state index contributed by atoms with van der Waals surface area (Å²) in [6.45, 7) is 0.316. The highest BCUT2D eigenvalue weighted by molar-refractivity contribution is 6.19. The van der Waals surface area contributed by atoms with Crippen LogP contribution >= 0.6 is 0 Å². The molecular formula is C20H16N2O3. The van der Waals surface area contributed by atoms with Crippen molar-refractivity contribution in [2.75, 3.05) is 4.90 Å². The van der Waals surface area contributed by atoms with Gasteiger partial charge in [-0.1, -0.05) is 30.3 Å². The molecule has 5 nitrogen and oxygen atoms in total. The van der Waals surface area contributed by atoms with E-state index in [0.717, 1.165) is 16.6 Å². The Morgan fingerprint density at radius 2 is 1.72 bits per heavy atom. The SMILES string of the molecule is O=C1CCC(=O)N1c1cccc(OCc2ccc3ccccc3n2)c1. The van der Waals surface area contributed by atoms with Gasteiger partial charge in [0.1, 0.15) is 12.4 Å². The van der Waals surface area contributed by atoms with E-state index in [9.17, 15) is 9.59 Å². The molecule has 0 aliphatic carbocycles. The third-order valence-corrected chi connectivity index (χ3v) is 4.17. The molecule has 2 heterocycles. The number of nitrogens with zero attached hydrogens (tertiary/aromatic N) is 2. The van der Waals surface area contributed by atoms with E-state index in [1.807, 2.05) is 36.4 Å². The van der Waals surface area contributed by atoms with Crippen LogP contribution in [-0.4, -0.2) is 16.8 Å². The highest BCUT2D eigenvalue weighted by atomic mass is 16.5. The lowest BCUT2D eigenvalue weighted by atomic mass is 10.2. The Hall–Kier alpha value is -3.21. The first-order chi connectivity index (χ1) is 12.2. The lowest BCUT2D eigenvalue weighted by Gasteiger charge is -2.15. The topological polar surface area (TPSA) is 59.5 Å². The summed E-state index contributed by atoms with van der Waals surface area (Å²) >= 11 is 0. The number of pyridine rings is 1. The number of rotatable bonds is 4. The van der Waals surface area contributed by atoms with E-state index in [4.69, 9.17) is 4.74 Å². The first-order valence-electron chi connectivity index (χ1n) is 8.14. The van der Waals surface area contributed by atoms with E-state index in [0.29, 0.717) is 18.0 Å². The van der Waals surface area contributed by atoms with Crippen LogP contribution in [0.25, 0.3) is 10.9 Å². The van der Waals surface area contributed by atoms with Crippen molar-refractivity contribution < 1.29 is 14.3 Å². The molecule has 1 aliphatic rings. The van der Waals surface area contributed by atoms with Crippen molar-refractivity contribution >= 4 is 28.4 Å². The van der Waals surface area contributed by atoms with Gasteiger partial charge >= 0.3 is 0 Å². The van der Waals surface area contributed by atoms with Crippen molar-refractivity contribution in [2.24, 2.45) is 0 Å². The average Bonchev–Trinajstić information content (AvgIpc) is 2.98. The quantitative estimate of drug-likeness (QED) is 0.687. The number of imide groups is 1. The van der Waals surface area contributed by atoms with Crippen LogP contribution in [0.1, 0.15) is 18.5 Å². The summed E-state index contributed by atoms with van der Waals surface area (Å²) in [5.74, 6) is 0.261. The second kappa shape index (κ2) is 6.36. The molecule has 1 aliphatic heterocycles. The van der Waals surface area contributed by atoms with E-state index >= 15 is 0 Å². The predicted molar refractivity (Wildman–Crippen MR) is 94.2 cm³/mol. The third-order valence-electron chi connectivity index (χ3n) is 4.17. The summed E-state index contributed by atoms with van der Waals surface area (Å²) in [4.78, 5) is 29.5. The molecule has 3 aromatic rings. The summed E-state index contributed by atoms with van der Waals surface area (Å²) in [6.07, 6.45) is 0.538. The number of benzene rings is 2. The van der Waals surface area contributed by atoms with Crippen molar-refractivity contribution in [3.63, 3.8) is 0 Å². The highest BCUT2D eigenvalue weighted by Crippen LogP contribution is 2.26. The zero-order valence-corrected chi connectivity index (χ0v) is 13.5. The smallest absolute Gasteiger partial charge is 0.234 e. The minimum Gasteiger partial charge on any atom is -0.487 e. The Bertz CT molecular complexity index is 952. The van der Waals surface area contributed by atoms with Gasteiger partial charge in [-0.25, -0.2) is 4.98 Å². The molecule has 1 fully saturated rings. The van der Waals surface area contributed by atoms with Crippen molar-refractivity contribution in [1.29, 1.82) is 0 Å². The number of carbonyl (C=O) groups is 2. The van der Waals surface area contributed by atoms with E-state index < -0.39 is 0 Å². The van der Waals surface area contributed by atoms with Crippen molar-refractivity contribution in [3.8, 4) is 5.75 Å². The Balaban J connectivity index is 1.51. The molecule has 5 heteroatoms. The monoisotopic (exact) mass is 332 g/mol. The molecule has 2 amide bonds. The van der Waals surface area contributed by atoms with Crippen LogP contribution in [0.5, 0.6) is 5.75 Å². The largest absolute Gasteiger partial charge is 0.487 e. The van der Waals surface area contributed by atoms with Gasteiger partial charge in [0.05, 0.1) is 16.9 Å². The van der Waals surface area contributed by atoms with Crippen LogP contribution in [0, 0.1) is 0 Å². The van der Waals surface area contributed by atoms with Crippen molar-refractivity contribution in [2.45, 2.75) is 19.4 Å². The van der Waals surface area contributed by atoms with Crippen LogP contribution < -0.4 is 9.64 Å². The molecule has 4 rings (SSSR count). The number of anilines is 1. The Morgan fingerprint density at radius 3 is 2.56 bits per heavy atom. The van der Waals surface area contributed by atoms with Gasteiger partial charge in [-0.05, 0) is 24.3 Å². The van der Waals surface area contributed by atoms with Gasteiger partial charge in [-0.3, -0.25) is 14.5 Å². The summed E-state index contributed by atoms with van der Waals surface area (Å²) in [5.41, 5.74) is 2.29. The molecule has 1 saturated heterocycles. The maximum Gasteiger partial charge on any atom is 0.234 e. The van der Waals surface area contributed by atoms with Gasteiger partial charge in [0, 0.05) is 24.3 Å². The maximum atomic E-state index is 11.9.